The van der Waals surface area contributed by atoms with E-state index >= 15 is 0 Å². The van der Waals surface area contributed by atoms with E-state index in [4.69, 9.17) is 4.98 Å². The summed E-state index contributed by atoms with van der Waals surface area (Å²) in [6.45, 7) is 6.11. The number of pyridine rings is 1. The van der Waals surface area contributed by atoms with Crippen LogP contribution in [0.4, 0.5) is 17.3 Å². The highest BCUT2D eigenvalue weighted by molar-refractivity contribution is 7.21. The lowest BCUT2D eigenvalue weighted by Gasteiger charge is -2.29. The average molecular weight is 469 g/mol. The number of fused-ring (bicyclic) bond motifs is 1. The molecule has 8 nitrogen and oxygen atoms in total. The van der Waals surface area contributed by atoms with Crippen LogP contribution in [0.15, 0.2) is 60.9 Å². The molecule has 1 fully saturated rings. The molecule has 0 unspecified atom stereocenters. The van der Waals surface area contributed by atoms with Crippen molar-refractivity contribution in [2.24, 2.45) is 0 Å². The van der Waals surface area contributed by atoms with E-state index in [1.807, 2.05) is 37.5 Å². The van der Waals surface area contributed by atoms with Crippen molar-refractivity contribution in [3.05, 3.63) is 66.6 Å². The van der Waals surface area contributed by atoms with Crippen LogP contribution in [0.25, 0.3) is 32.0 Å². The summed E-state index contributed by atoms with van der Waals surface area (Å²) in [7, 11) is 0. The van der Waals surface area contributed by atoms with Crippen molar-refractivity contribution in [2.75, 3.05) is 36.4 Å². The Hall–Kier alpha value is -3.82. The smallest absolute Gasteiger partial charge is 0.228 e. The molecule has 1 aromatic carbocycles. The van der Waals surface area contributed by atoms with Crippen LogP contribution < -0.4 is 15.5 Å². The lowest BCUT2D eigenvalue weighted by Crippen LogP contribution is -2.43. The van der Waals surface area contributed by atoms with E-state index < -0.39 is 0 Å². The maximum atomic E-state index is 4.76. The number of H-pyrrole nitrogens is 1. The fourth-order valence-corrected chi connectivity index (χ4v) is 5.20. The van der Waals surface area contributed by atoms with Gasteiger partial charge in [0, 0.05) is 65.3 Å². The molecule has 3 N–H and O–H groups in total. The first-order valence-corrected chi connectivity index (χ1v) is 12.1. The van der Waals surface area contributed by atoms with Gasteiger partial charge in [0.05, 0.1) is 17.6 Å². The first-order chi connectivity index (χ1) is 16.7. The lowest BCUT2D eigenvalue weighted by atomic mass is 10.1. The van der Waals surface area contributed by atoms with Crippen molar-refractivity contribution in [3.8, 4) is 21.8 Å². The second-order valence-electron chi connectivity index (χ2n) is 8.30. The van der Waals surface area contributed by atoms with Crippen LogP contribution in [-0.2, 0) is 0 Å². The molecular formula is C25H24N8S. The summed E-state index contributed by atoms with van der Waals surface area (Å²) >= 11 is 1.62. The Morgan fingerprint density at radius 3 is 2.68 bits per heavy atom. The van der Waals surface area contributed by atoms with Crippen LogP contribution in [-0.4, -0.2) is 51.3 Å². The van der Waals surface area contributed by atoms with Gasteiger partial charge >= 0.3 is 0 Å². The van der Waals surface area contributed by atoms with Crippen LogP contribution in [0.1, 0.15) is 5.69 Å². The van der Waals surface area contributed by atoms with Gasteiger partial charge in [-0.25, -0.2) is 9.97 Å². The second kappa shape index (κ2) is 8.85. The monoisotopic (exact) mass is 468 g/mol. The van der Waals surface area contributed by atoms with Crippen LogP contribution in [0, 0.1) is 6.92 Å². The van der Waals surface area contributed by atoms with Crippen molar-refractivity contribution >= 4 is 38.9 Å². The minimum atomic E-state index is 0.587. The quantitative estimate of drug-likeness (QED) is 0.347. The molecule has 4 aromatic heterocycles. The van der Waals surface area contributed by atoms with E-state index in [2.05, 4.69) is 66.0 Å². The molecule has 1 saturated heterocycles. The number of thiophene rings is 1. The molecule has 9 heteroatoms. The topological polar surface area (TPSA) is 94.7 Å². The maximum absolute atomic E-state index is 4.76. The van der Waals surface area contributed by atoms with Gasteiger partial charge in [-0.3, -0.25) is 10.1 Å². The molecule has 34 heavy (non-hydrogen) atoms. The molecule has 0 radical (unpaired) electrons. The van der Waals surface area contributed by atoms with Gasteiger partial charge in [-0.05, 0) is 49.4 Å². The average Bonchev–Trinajstić information content (AvgIpc) is 3.52. The zero-order chi connectivity index (χ0) is 22.9. The number of anilines is 3. The van der Waals surface area contributed by atoms with Gasteiger partial charge in [0.1, 0.15) is 4.83 Å². The number of hydrogen-bond donors (Lipinski definition) is 3. The molecule has 0 bridgehead atoms. The first-order valence-electron chi connectivity index (χ1n) is 11.3. The van der Waals surface area contributed by atoms with Crippen LogP contribution in [0.2, 0.25) is 0 Å². The molecule has 0 amide bonds. The summed E-state index contributed by atoms with van der Waals surface area (Å²) in [5.41, 5.74) is 5.98. The fraction of sp³-hybridized carbons (Fsp3) is 0.200. The number of rotatable bonds is 5. The molecule has 0 spiro atoms. The molecule has 5 heterocycles. The number of benzene rings is 1. The Bertz CT molecular complexity index is 1430. The SMILES string of the molecule is Cc1cccc(-c2[nH]ncc2-c2cc3cnc(Nc4ccc(N5CCNCC5)cc4)nc3s2)n1. The third kappa shape index (κ3) is 4.11. The van der Waals surface area contributed by atoms with Gasteiger partial charge in [-0.15, -0.1) is 11.3 Å². The Balaban J connectivity index is 1.24. The van der Waals surface area contributed by atoms with Gasteiger partial charge in [-0.2, -0.15) is 5.10 Å². The molecule has 170 valence electrons. The largest absolute Gasteiger partial charge is 0.369 e. The van der Waals surface area contributed by atoms with E-state index in [1.165, 1.54) is 5.69 Å². The highest BCUT2D eigenvalue weighted by atomic mass is 32.1. The molecular weight excluding hydrogens is 444 g/mol. The van der Waals surface area contributed by atoms with E-state index in [1.54, 1.807) is 11.3 Å². The van der Waals surface area contributed by atoms with E-state index in [9.17, 15) is 0 Å². The number of piperazine rings is 1. The number of aromatic amines is 1. The first kappa shape index (κ1) is 20.8. The molecule has 0 aliphatic carbocycles. The molecule has 1 aliphatic heterocycles. The highest BCUT2D eigenvalue weighted by Gasteiger charge is 2.15. The van der Waals surface area contributed by atoms with Crippen LogP contribution in [0.5, 0.6) is 0 Å². The van der Waals surface area contributed by atoms with E-state index in [0.29, 0.717) is 5.95 Å². The van der Waals surface area contributed by atoms with Crippen LogP contribution >= 0.6 is 11.3 Å². The van der Waals surface area contributed by atoms with Gasteiger partial charge in [0.15, 0.2) is 0 Å². The summed E-state index contributed by atoms with van der Waals surface area (Å²) in [5.74, 6) is 0.587. The number of aryl methyl sites for hydroxylation is 1. The Morgan fingerprint density at radius 2 is 1.85 bits per heavy atom. The Labute approximate surface area is 201 Å². The van der Waals surface area contributed by atoms with Gasteiger partial charge < -0.3 is 15.5 Å². The van der Waals surface area contributed by atoms with Gasteiger partial charge in [0.2, 0.25) is 5.95 Å². The van der Waals surface area contributed by atoms with E-state index in [0.717, 1.165) is 69.6 Å². The molecule has 5 aromatic rings. The zero-order valence-corrected chi connectivity index (χ0v) is 19.6. The summed E-state index contributed by atoms with van der Waals surface area (Å²) < 4.78 is 0. The molecule has 1 aliphatic rings. The van der Waals surface area contributed by atoms with Crippen molar-refractivity contribution in [1.82, 2.24) is 30.5 Å². The predicted octanol–water partition coefficient (Wildman–Crippen LogP) is 4.61. The molecule has 0 saturated carbocycles. The van der Waals surface area contributed by atoms with Crippen molar-refractivity contribution in [1.29, 1.82) is 0 Å². The Kier molecular flexibility index (Phi) is 5.40. The van der Waals surface area contributed by atoms with Gasteiger partial charge in [0.25, 0.3) is 0 Å². The second-order valence-corrected chi connectivity index (χ2v) is 9.33. The van der Waals surface area contributed by atoms with Gasteiger partial charge in [-0.1, -0.05) is 6.07 Å². The summed E-state index contributed by atoms with van der Waals surface area (Å²) in [4.78, 5) is 18.3. The molecule has 6 rings (SSSR count). The third-order valence-electron chi connectivity index (χ3n) is 5.93. The number of aromatic nitrogens is 5. The zero-order valence-electron chi connectivity index (χ0n) is 18.7. The number of nitrogens with zero attached hydrogens (tertiary/aromatic N) is 5. The lowest BCUT2D eigenvalue weighted by molar-refractivity contribution is 0.589. The fourth-order valence-electron chi connectivity index (χ4n) is 4.18. The van der Waals surface area contributed by atoms with Crippen molar-refractivity contribution in [3.63, 3.8) is 0 Å². The standard InChI is InChI=1S/C25H24N8S/c1-16-3-2-4-21(29-16)23-20(15-28-32-23)22-13-17-14-27-25(31-24(17)34-22)30-18-5-7-19(8-6-18)33-11-9-26-10-12-33/h2-8,13-15,26H,9-12H2,1H3,(H,28,32)(H,27,30,31). The maximum Gasteiger partial charge on any atom is 0.228 e. The van der Waals surface area contributed by atoms with Crippen molar-refractivity contribution < 1.29 is 0 Å². The summed E-state index contributed by atoms with van der Waals surface area (Å²) in [6.07, 6.45) is 3.71. The normalized spacial score (nSPS) is 14.0. The summed E-state index contributed by atoms with van der Waals surface area (Å²) in [6, 6.07) is 16.6. The number of nitrogens with one attached hydrogen (secondary N) is 3. The minimum absolute atomic E-state index is 0.587. The van der Waals surface area contributed by atoms with Crippen molar-refractivity contribution in [2.45, 2.75) is 6.92 Å². The highest BCUT2D eigenvalue weighted by Crippen LogP contribution is 2.37. The number of hydrogen-bond acceptors (Lipinski definition) is 8. The van der Waals surface area contributed by atoms with E-state index in [-0.39, 0.29) is 0 Å². The Morgan fingerprint density at radius 1 is 1.00 bits per heavy atom. The summed E-state index contributed by atoms with van der Waals surface area (Å²) in [5, 5.41) is 15.1. The van der Waals surface area contributed by atoms with Crippen LogP contribution in [0.3, 0.4) is 0 Å². The predicted molar refractivity (Wildman–Crippen MR) is 138 cm³/mol. The molecule has 0 atom stereocenters. The minimum Gasteiger partial charge on any atom is -0.369 e. The third-order valence-corrected chi connectivity index (χ3v) is 7.01.